The van der Waals surface area contributed by atoms with Crippen LogP contribution < -0.4 is 4.74 Å². The van der Waals surface area contributed by atoms with Crippen LogP contribution in [-0.2, 0) is 4.74 Å². The van der Waals surface area contributed by atoms with Crippen molar-refractivity contribution in [2.75, 3.05) is 6.61 Å². The molecule has 0 aliphatic carbocycles. The average Bonchev–Trinajstić information content (AvgIpc) is 2.44. The lowest BCUT2D eigenvalue weighted by Gasteiger charge is -2.09. The Kier molecular flexibility index (Phi) is 4.68. The van der Waals surface area contributed by atoms with Gasteiger partial charge in [0.15, 0.2) is 0 Å². The molecule has 6 heteroatoms. The van der Waals surface area contributed by atoms with Gasteiger partial charge < -0.3 is 9.47 Å². The Morgan fingerprint density at radius 2 is 2.20 bits per heavy atom. The van der Waals surface area contributed by atoms with E-state index in [1.807, 2.05) is 0 Å². The van der Waals surface area contributed by atoms with E-state index in [1.54, 1.807) is 19.1 Å². The number of rotatable bonds is 4. The molecule has 4 nitrogen and oxygen atoms in total. The quantitative estimate of drug-likeness (QED) is 0.791. The number of ether oxygens (including phenoxy) is 2. The summed E-state index contributed by atoms with van der Waals surface area (Å²) in [4.78, 5) is 15.8. The lowest BCUT2D eigenvalue weighted by molar-refractivity contribution is 0.0522. The van der Waals surface area contributed by atoms with Crippen LogP contribution in [0, 0.1) is 5.82 Å². The van der Waals surface area contributed by atoms with Crippen LogP contribution in [0.25, 0.3) is 0 Å². The Balaban J connectivity index is 2.29. The van der Waals surface area contributed by atoms with Gasteiger partial charge in [0.1, 0.15) is 17.1 Å². The van der Waals surface area contributed by atoms with Crippen LogP contribution in [-0.4, -0.2) is 17.6 Å². The smallest absolute Gasteiger partial charge is 0.343 e. The van der Waals surface area contributed by atoms with E-state index >= 15 is 0 Å². The molecule has 0 atom stereocenters. The van der Waals surface area contributed by atoms with Crippen LogP contribution >= 0.6 is 15.9 Å². The Hall–Kier alpha value is -1.95. The Morgan fingerprint density at radius 1 is 1.40 bits per heavy atom. The second kappa shape index (κ2) is 6.47. The summed E-state index contributed by atoms with van der Waals surface area (Å²) in [5.74, 6) is -0.437. The second-order valence-electron chi connectivity index (χ2n) is 3.75. The van der Waals surface area contributed by atoms with Gasteiger partial charge in [0.05, 0.1) is 11.1 Å². The van der Waals surface area contributed by atoms with E-state index in [9.17, 15) is 9.18 Å². The number of nitrogens with zero attached hydrogens (tertiary/aromatic N) is 1. The zero-order valence-corrected chi connectivity index (χ0v) is 12.2. The highest BCUT2D eigenvalue weighted by Gasteiger charge is 2.15. The van der Waals surface area contributed by atoms with Gasteiger partial charge in [-0.25, -0.2) is 14.2 Å². The van der Waals surface area contributed by atoms with Crippen molar-refractivity contribution in [1.82, 2.24) is 4.98 Å². The fourth-order valence-corrected chi connectivity index (χ4v) is 1.85. The van der Waals surface area contributed by atoms with Crippen molar-refractivity contribution in [2.45, 2.75) is 6.92 Å². The highest BCUT2D eigenvalue weighted by atomic mass is 79.9. The maximum atomic E-state index is 13.2. The van der Waals surface area contributed by atoms with Crippen molar-refractivity contribution in [3.8, 4) is 11.6 Å². The first-order valence-corrected chi connectivity index (χ1v) is 6.66. The van der Waals surface area contributed by atoms with Crippen molar-refractivity contribution in [1.29, 1.82) is 0 Å². The summed E-state index contributed by atoms with van der Waals surface area (Å²) in [6.45, 7) is 1.97. The minimum atomic E-state index is -0.517. The fraction of sp³-hybridized carbons (Fsp3) is 0.143. The van der Waals surface area contributed by atoms with Crippen LogP contribution in [0.2, 0.25) is 0 Å². The van der Waals surface area contributed by atoms with Crippen molar-refractivity contribution in [2.24, 2.45) is 0 Å². The summed E-state index contributed by atoms with van der Waals surface area (Å²) in [5, 5.41) is 0. The molecular weight excluding hydrogens is 329 g/mol. The predicted octanol–water partition coefficient (Wildman–Crippen LogP) is 3.95. The Morgan fingerprint density at radius 3 is 2.90 bits per heavy atom. The summed E-state index contributed by atoms with van der Waals surface area (Å²) in [6.07, 6.45) is 1.50. The van der Waals surface area contributed by atoms with Crippen LogP contribution in [0.1, 0.15) is 17.3 Å². The first kappa shape index (κ1) is 14.5. The van der Waals surface area contributed by atoms with Crippen molar-refractivity contribution >= 4 is 21.9 Å². The molecule has 104 valence electrons. The predicted molar refractivity (Wildman–Crippen MR) is 74.4 cm³/mol. The van der Waals surface area contributed by atoms with E-state index in [0.717, 1.165) is 0 Å². The SMILES string of the molecule is CCOC(=O)c1cccnc1Oc1ccc(F)c(Br)c1. The van der Waals surface area contributed by atoms with Gasteiger partial charge in [-0.15, -0.1) is 0 Å². The Labute approximate surface area is 123 Å². The third kappa shape index (κ3) is 3.33. The molecule has 0 aliphatic heterocycles. The minimum Gasteiger partial charge on any atom is -0.462 e. The monoisotopic (exact) mass is 339 g/mol. The standard InChI is InChI=1S/C14H11BrFNO3/c1-2-19-14(18)10-4-3-7-17-13(10)20-9-5-6-12(16)11(15)8-9/h3-8H,2H2,1H3. The fourth-order valence-electron chi connectivity index (χ4n) is 1.49. The van der Waals surface area contributed by atoms with E-state index in [1.165, 1.54) is 24.4 Å². The van der Waals surface area contributed by atoms with Crippen LogP contribution in [0.4, 0.5) is 4.39 Å². The van der Waals surface area contributed by atoms with E-state index in [4.69, 9.17) is 9.47 Å². The molecule has 0 radical (unpaired) electrons. The number of carbonyl (C=O) groups excluding carboxylic acids is 1. The van der Waals surface area contributed by atoms with Gasteiger partial charge in [-0.3, -0.25) is 0 Å². The van der Waals surface area contributed by atoms with Crippen LogP contribution in [0.3, 0.4) is 0 Å². The normalized spacial score (nSPS) is 10.2. The zero-order valence-electron chi connectivity index (χ0n) is 10.6. The first-order chi connectivity index (χ1) is 9.61. The van der Waals surface area contributed by atoms with E-state index in [-0.39, 0.29) is 22.5 Å². The molecule has 0 fully saturated rings. The van der Waals surface area contributed by atoms with Gasteiger partial charge in [0, 0.05) is 6.20 Å². The molecule has 2 rings (SSSR count). The number of carbonyl (C=O) groups is 1. The van der Waals surface area contributed by atoms with E-state index in [0.29, 0.717) is 5.75 Å². The molecule has 0 N–H and O–H groups in total. The van der Waals surface area contributed by atoms with Gasteiger partial charge in [-0.2, -0.15) is 0 Å². The molecule has 0 spiro atoms. The number of hydrogen-bond donors (Lipinski definition) is 0. The topological polar surface area (TPSA) is 48.4 Å². The first-order valence-electron chi connectivity index (χ1n) is 5.87. The van der Waals surface area contributed by atoms with Crippen LogP contribution in [0.15, 0.2) is 41.0 Å². The summed E-state index contributed by atoms with van der Waals surface area (Å²) < 4.78 is 23.8. The average molecular weight is 340 g/mol. The number of esters is 1. The Bertz CT molecular complexity index is 634. The summed E-state index contributed by atoms with van der Waals surface area (Å²) in [7, 11) is 0. The lowest BCUT2D eigenvalue weighted by Crippen LogP contribution is -2.07. The van der Waals surface area contributed by atoms with E-state index < -0.39 is 11.8 Å². The molecule has 0 saturated carbocycles. The molecule has 2 aromatic rings. The molecule has 0 aliphatic rings. The molecule has 1 aromatic heterocycles. The number of hydrogen-bond acceptors (Lipinski definition) is 4. The number of benzene rings is 1. The number of pyridine rings is 1. The van der Waals surface area contributed by atoms with Crippen molar-refractivity contribution < 1.29 is 18.7 Å². The highest BCUT2D eigenvalue weighted by Crippen LogP contribution is 2.27. The molecule has 0 bridgehead atoms. The molecule has 1 heterocycles. The van der Waals surface area contributed by atoms with Gasteiger partial charge in [-0.05, 0) is 53.2 Å². The van der Waals surface area contributed by atoms with Gasteiger partial charge >= 0.3 is 5.97 Å². The molecule has 1 aromatic carbocycles. The maximum Gasteiger partial charge on any atom is 0.343 e. The van der Waals surface area contributed by atoms with Crippen molar-refractivity contribution in [3.63, 3.8) is 0 Å². The van der Waals surface area contributed by atoms with E-state index in [2.05, 4.69) is 20.9 Å². The minimum absolute atomic E-state index is 0.115. The maximum absolute atomic E-state index is 13.2. The highest BCUT2D eigenvalue weighted by molar-refractivity contribution is 9.10. The van der Waals surface area contributed by atoms with Gasteiger partial charge in [0.2, 0.25) is 5.88 Å². The van der Waals surface area contributed by atoms with Crippen LogP contribution in [0.5, 0.6) is 11.6 Å². The molecule has 0 unspecified atom stereocenters. The van der Waals surface area contributed by atoms with Gasteiger partial charge in [0.25, 0.3) is 0 Å². The number of halogens is 2. The molecule has 0 saturated heterocycles. The molecule has 20 heavy (non-hydrogen) atoms. The summed E-state index contributed by atoms with van der Waals surface area (Å²) in [5.41, 5.74) is 0.217. The van der Waals surface area contributed by atoms with Crippen molar-refractivity contribution in [3.05, 3.63) is 52.4 Å². The largest absolute Gasteiger partial charge is 0.462 e. The third-order valence-corrected chi connectivity index (χ3v) is 2.98. The molecule has 0 amide bonds. The lowest BCUT2D eigenvalue weighted by atomic mass is 10.2. The third-order valence-electron chi connectivity index (χ3n) is 2.37. The summed E-state index contributed by atoms with van der Waals surface area (Å²) in [6, 6.07) is 7.33. The summed E-state index contributed by atoms with van der Waals surface area (Å²) >= 11 is 3.06. The number of aromatic nitrogens is 1. The second-order valence-corrected chi connectivity index (χ2v) is 4.61. The molecular formula is C14H11BrFNO3. The zero-order chi connectivity index (χ0) is 14.5. The van der Waals surface area contributed by atoms with Gasteiger partial charge in [-0.1, -0.05) is 0 Å².